The van der Waals surface area contributed by atoms with Crippen molar-refractivity contribution in [3.8, 4) is 17.6 Å². The molecule has 4 nitrogen and oxygen atoms in total. The first-order valence-corrected chi connectivity index (χ1v) is 5.57. The van der Waals surface area contributed by atoms with Crippen molar-refractivity contribution < 1.29 is 23.0 Å². The maximum Gasteiger partial charge on any atom is 0.407 e. The second kappa shape index (κ2) is 7.93. The molecule has 1 rings (SSSR count). The Morgan fingerprint density at radius 3 is 2.84 bits per heavy atom. The molecule has 0 bridgehead atoms. The fraction of sp³-hybridized carbons (Fsp3) is 0.308. The molecule has 102 valence electrons. The monoisotopic (exact) mass is 269 g/mol. The van der Waals surface area contributed by atoms with E-state index in [1.165, 1.54) is 6.07 Å². The van der Waals surface area contributed by atoms with E-state index in [2.05, 4.69) is 21.9 Å². The van der Waals surface area contributed by atoms with Gasteiger partial charge in [-0.05, 0) is 19.1 Å². The summed E-state index contributed by atoms with van der Waals surface area (Å²) in [6.45, 7) is 2.02. The van der Waals surface area contributed by atoms with E-state index in [0.717, 1.165) is 12.1 Å². The molecule has 0 heterocycles. The SMILES string of the molecule is CCOC(=O)NCC#CCOc1ccc(F)cc1F. The van der Waals surface area contributed by atoms with Crippen LogP contribution in [-0.2, 0) is 4.74 Å². The van der Waals surface area contributed by atoms with Crippen molar-refractivity contribution in [3.63, 3.8) is 0 Å². The third kappa shape index (κ3) is 5.73. The van der Waals surface area contributed by atoms with Gasteiger partial charge in [-0.15, -0.1) is 0 Å². The van der Waals surface area contributed by atoms with Gasteiger partial charge in [0.1, 0.15) is 12.4 Å². The molecule has 0 unspecified atom stereocenters. The summed E-state index contributed by atoms with van der Waals surface area (Å²) in [5, 5.41) is 2.39. The minimum absolute atomic E-state index is 0.0624. The standard InChI is InChI=1S/C13H13F2NO3/c1-2-18-13(17)16-7-3-4-8-19-12-6-5-10(14)9-11(12)15/h5-6,9H,2,7-8H2,1H3,(H,16,17). The van der Waals surface area contributed by atoms with E-state index in [0.29, 0.717) is 0 Å². The van der Waals surface area contributed by atoms with Gasteiger partial charge in [0.25, 0.3) is 0 Å². The van der Waals surface area contributed by atoms with E-state index >= 15 is 0 Å². The van der Waals surface area contributed by atoms with Crippen LogP contribution in [0.1, 0.15) is 6.92 Å². The van der Waals surface area contributed by atoms with Gasteiger partial charge >= 0.3 is 6.09 Å². The van der Waals surface area contributed by atoms with Gasteiger partial charge in [0, 0.05) is 6.07 Å². The molecule has 0 atom stereocenters. The van der Waals surface area contributed by atoms with E-state index < -0.39 is 17.7 Å². The lowest BCUT2D eigenvalue weighted by molar-refractivity contribution is 0.153. The summed E-state index contributed by atoms with van der Waals surface area (Å²) in [6, 6.07) is 3.00. The molecular weight excluding hydrogens is 256 g/mol. The summed E-state index contributed by atoms with van der Waals surface area (Å²) in [6.07, 6.45) is -0.553. The van der Waals surface area contributed by atoms with Gasteiger partial charge in [0.2, 0.25) is 0 Å². The van der Waals surface area contributed by atoms with E-state index in [4.69, 9.17) is 4.74 Å². The number of ether oxygens (including phenoxy) is 2. The van der Waals surface area contributed by atoms with E-state index in [9.17, 15) is 13.6 Å². The fourth-order valence-corrected chi connectivity index (χ4v) is 1.12. The molecule has 0 saturated heterocycles. The first-order valence-electron chi connectivity index (χ1n) is 5.57. The summed E-state index contributed by atoms with van der Waals surface area (Å²) in [4.78, 5) is 10.9. The summed E-state index contributed by atoms with van der Waals surface area (Å²) < 4.78 is 35.3. The molecule has 0 aliphatic heterocycles. The second-order valence-corrected chi connectivity index (χ2v) is 3.29. The molecule has 6 heteroatoms. The minimum Gasteiger partial charge on any atom is -0.478 e. The highest BCUT2D eigenvalue weighted by Crippen LogP contribution is 2.16. The Morgan fingerprint density at radius 1 is 1.37 bits per heavy atom. The van der Waals surface area contributed by atoms with Crippen molar-refractivity contribution in [3.05, 3.63) is 29.8 Å². The van der Waals surface area contributed by atoms with E-state index in [-0.39, 0.29) is 25.5 Å². The molecule has 0 radical (unpaired) electrons. The summed E-state index contributed by atoms with van der Waals surface area (Å²) in [5.41, 5.74) is 0. The van der Waals surface area contributed by atoms with Crippen molar-refractivity contribution in [2.24, 2.45) is 0 Å². The maximum absolute atomic E-state index is 13.1. The summed E-state index contributed by atoms with van der Waals surface area (Å²) in [5.74, 6) is 3.63. The highest BCUT2D eigenvalue weighted by Gasteiger charge is 2.03. The Balaban J connectivity index is 2.29. The molecule has 0 fully saturated rings. The van der Waals surface area contributed by atoms with Crippen LogP contribution in [0.15, 0.2) is 18.2 Å². The molecule has 1 amide bonds. The molecule has 0 aromatic heterocycles. The fourth-order valence-electron chi connectivity index (χ4n) is 1.12. The normalized spacial score (nSPS) is 9.21. The number of rotatable bonds is 4. The predicted molar refractivity (Wildman–Crippen MR) is 64.7 cm³/mol. The lowest BCUT2D eigenvalue weighted by Crippen LogP contribution is -2.24. The number of amides is 1. The Labute approximate surface area is 109 Å². The quantitative estimate of drug-likeness (QED) is 0.851. The van der Waals surface area contributed by atoms with Crippen LogP contribution in [0.5, 0.6) is 5.75 Å². The predicted octanol–water partition coefficient (Wildman–Crippen LogP) is 2.09. The molecular formula is C13H13F2NO3. The van der Waals surface area contributed by atoms with Crippen LogP contribution < -0.4 is 10.1 Å². The van der Waals surface area contributed by atoms with Crippen molar-refractivity contribution in [2.45, 2.75) is 6.92 Å². The first-order chi connectivity index (χ1) is 9.13. The number of hydrogen-bond acceptors (Lipinski definition) is 3. The Morgan fingerprint density at radius 2 is 2.16 bits per heavy atom. The first kappa shape index (κ1) is 14.8. The third-order valence-electron chi connectivity index (χ3n) is 1.92. The van der Waals surface area contributed by atoms with Crippen LogP contribution >= 0.6 is 0 Å². The number of alkyl carbamates (subject to hydrolysis) is 1. The van der Waals surface area contributed by atoms with Crippen molar-refractivity contribution in [1.29, 1.82) is 0 Å². The van der Waals surface area contributed by atoms with E-state index in [1.807, 2.05) is 0 Å². The van der Waals surface area contributed by atoms with Crippen LogP contribution in [0.2, 0.25) is 0 Å². The van der Waals surface area contributed by atoms with E-state index in [1.54, 1.807) is 6.92 Å². The van der Waals surface area contributed by atoms with Gasteiger partial charge in [-0.2, -0.15) is 0 Å². The van der Waals surface area contributed by atoms with Gasteiger partial charge in [-0.3, -0.25) is 0 Å². The topological polar surface area (TPSA) is 47.6 Å². The van der Waals surface area contributed by atoms with Gasteiger partial charge in [-0.1, -0.05) is 11.8 Å². The Hall–Kier alpha value is -2.29. The molecule has 0 aliphatic carbocycles. The van der Waals surface area contributed by atoms with Crippen molar-refractivity contribution in [2.75, 3.05) is 19.8 Å². The highest BCUT2D eigenvalue weighted by molar-refractivity contribution is 5.67. The number of benzene rings is 1. The van der Waals surface area contributed by atoms with Crippen LogP contribution in [0.3, 0.4) is 0 Å². The molecule has 0 saturated carbocycles. The van der Waals surface area contributed by atoms with Crippen molar-refractivity contribution >= 4 is 6.09 Å². The smallest absolute Gasteiger partial charge is 0.407 e. The van der Waals surface area contributed by atoms with Crippen LogP contribution in [0.4, 0.5) is 13.6 Å². The zero-order chi connectivity index (χ0) is 14.1. The summed E-state index contributed by atoms with van der Waals surface area (Å²) >= 11 is 0. The number of halogens is 2. The van der Waals surface area contributed by atoms with Gasteiger partial charge in [0.05, 0.1) is 13.2 Å². The molecule has 1 aromatic carbocycles. The van der Waals surface area contributed by atoms with Gasteiger partial charge in [-0.25, -0.2) is 13.6 Å². The Kier molecular flexibility index (Phi) is 6.16. The largest absolute Gasteiger partial charge is 0.478 e. The number of nitrogens with one attached hydrogen (secondary N) is 1. The van der Waals surface area contributed by atoms with Gasteiger partial charge < -0.3 is 14.8 Å². The third-order valence-corrected chi connectivity index (χ3v) is 1.92. The zero-order valence-corrected chi connectivity index (χ0v) is 10.3. The highest BCUT2D eigenvalue weighted by atomic mass is 19.1. The second-order valence-electron chi connectivity index (χ2n) is 3.29. The van der Waals surface area contributed by atoms with Gasteiger partial charge in [0.15, 0.2) is 11.6 Å². The average Bonchev–Trinajstić information content (AvgIpc) is 2.36. The number of carbonyl (C=O) groups excluding carboxylic acids is 1. The Bertz CT molecular complexity index is 494. The van der Waals surface area contributed by atoms with Crippen molar-refractivity contribution in [1.82, 2.24) is 5.32 Å². The molecule has 0 spiro atoms. The molecule has 1 aromatic rings. The number of hydrogen-bond donors (Lipinski definition) is 1. The lowest BCUT2D eigenvalue weighted by atomic mass is 10.3. The van der Waals surface area contributed by atoms with Crippen LogP contribution in [0, 0.1) is 23.5 Å². The molecule has 19 heavy (non-hydrogen) atoms. The van der Waals surface area contributed by atoms with Crippen LogP contribution in [-0.4, -0.2) is 25.9 Å². The maximum atomic E-state index is 13.1. The van der Waals surface area contributed by atoms with Crippen LogP contribution in [0.25, 0.3) is 0 Å². The molecule has 1 N–H and O–H groups in total. The summed E-state index contributed by atoms with van der Waals surface area (Å²) in [7, 11) is 0. The zero-order valence-electron chi connectivity index (χ0n) is 10.3. The average molecular weight is 269 g/mol. The molecule has 0 aliphatic rings. The minimum atomic E-state index is -0.786. The number of carbonyl (C=O) groups is 1. The lowest BCUT2D eigenvalue weighted by Gasteiger charge is -2.03.